The highest BCUT2D eigenvalue weighted by Crippen LogP contribution is 2.26. The molecule has 4 rings (SSSR count). The van der Waals surface area contributed by atoms with E-state index in [-0.39, 0.29) is 11.9 Å². The van der Waals surface area contributed by atoms with E-state index in [1.165, 1.54) is 11.0 Å². The zero-order valence-corrected chi connectivity index (χ0v) is 15.2. The Morgan fingerprint density at radius 3 is 2.74 bits per heavy atom. The second-order valence-electron chi connectivity index (χ2n) is 6.72. The van der Waals surface area contributed by atoms with E-state index in [4.69, 9.17) is 21.7 Å². The third-order valence-electron chi connectivity index (χ3n) is 4.97. The fourth-order valence-corrected chi connectivity index (χ4v) is 3.65. The summed E-state index contributed by atoms with van der Waals surface area (Å²) < 4.78 is 16.0. The Labute approximate surface area is 160 Å². The van der Waals surface area contributed by atoms with Crippen molar-refractivity contribution in [2.45, 2.75) is 25.3 Å². The number of hydrogen-bond donors (Lipinski definition) is 1. The highest BCUT2D eigenvalue weighted by atomic mass is 35.5. The lowest BCUT2D eigenvalue weighted by Crippen LogP contribution is -2.38. The van der Waals surface area contributed by atoms with Gasteiger partial charge in [0.05, 0.1) is 12.2 Å². The van der Waals surface area contributed by atoms with Crippen molar-refractivity contribution in [3.8, 4) is 0 Å². The summed E-state index contributed by atoms with van der Waals surface area (Å²) in [6, 6.07) is 8.54. The topological polar surface area (TPSA) is 71.2 Å². The minimum atomic E-state index is -0.885. The molecule has 1 N–H and O–H groups in total. The smallest absolute Gasteiger partial charge is 0.407 e. The molecule has 1 saturated heterocycles. The number of halogens is 2. The third-order valence-corrected chi connectivity index (χ3v) is 5.20. The standard InChI is InChI=1S/C19H18ClFN4O2/c20-14-3-1-12(17(21)10-14)9-15-4-2-13-11-22-25(18(13)23-15)16-5-7-24(8-6-16)19(26)27/h1-4,10-11,16H,5-9H2,(H,26,27). The van der Waals surface area contributed by atoms with Crippen LogP contribution in [-0.2, 0) is 6.42 Å². The third kappa shape index (κ3) is 3.60. The number of amides is 1. The number of carbonyl (C=O) groups is 1. The van der Waals surface area contributed by atoms with E-state index in [0.29, 0.717) is 42.9 Å². The van der Waals surface area contributed by atoms with Gasteiger partial charge in [0.25, 0.3) is 0 Å². The van der Waals surface area contributed by atoms with E-state index in [1.54, 1.807) is 18.3 Å². The summed E-state index contributed by atoms with van der Waals surface area (Å²) in [4.78, 5) is 17.2. The first kappa shape index (κ1) is 17.7. The van der Waals surface area contributed by atoms with Crippen molar-refractivity contribution in [3.05, 3.63) is 58.6 Å². The molecule has 0 aliphatic carbocycles. The van der Waals surface area contributed by atoms with Crippen molar-refractivity contribution >= 4 is 28.7 Å². The number of rotatable bonds is 3. The summed E-state index contributed by atoms with van der Waals surface area (Å²) in [7, 11) is 0. The van der Waals surface area contributed by atoms with Gasteiger partial charge in [-0.25, -0.2) is 18.9 Å². The van der Waals surface area contributed by atoms with Gasteiger partial charge in [0.1, 0.15) is 5.82 Å². The molecule has 0 atom stereocenters. The van der Waals surface area contributed by atoms with Gasteiger partial charge in [-0.05, 0) is 42.7 Å². The maximum Gasteiger partial charge on any atom is 0.407 e. The number of pyridine rings is 1. The number of nitrogens with zero attached hydrogens (tertiary/aromatic N) is 4. The molecule has 0 spiro atoms. The molecule has 1 amide bonds. The molecule has 1 aliphatic rings. The summed E-state index contributed by atoms with van der Waals surface area (Å²) >= 11 is 5.81. The quantitative estimate of drug-likeness (QED) is 0.732. The van der Waals surface area contributed by atoms with Crippen LogP contribution in [0.2, 0.25) is 5.02 Å². The Balaban J connectivity index is 1.59. The zero-order chi connectivity index (χ0) is 19.0. The number of aromatic nitrogens is 3. The van der Waals surface area contributed by atoms with Crippen LogP contribution in [0.3, 0.4) is 0 Å². The van der Waals surface area contributed by atoms with Gasteiger partial charge in [-0.1, -0.05) is 17.7 Å². The van der Waals surface area contributed by atoms with Crippen LogP contribution >= 0.6 is 11.6 Å². The largest absolute Gasteiger partial charge is 0.465 e. The van der Waals surface area contributed by atoms with E-state index in [1.807, 2.05) is 16.8 Å². The molecular weight excluding hydrogens is 371 g/mol. The molecular formula is C19H18ClFN4O2. The van der Waals surface area contributed by atoms with Gasteiger partial charge in [0.15, 0.2) is 5.65 Å². The molecule has 1 aromatic carbocycles. The summed E-state index contributed by atoms with van der Waals surface area (Å²) in [5, 5.41) is 14.8. The molecule has 2 aromatic heterocycles. The Hall–Kier alpha value is -2.67. The number of fused-ring (bicyclic) bond motifs is 1. The first-order chi connectivity index (χ1) is 13.0. The second-order valence-corrected chi connectivity index (χ2v) is 7.15. The van der Waals surface area contributed by atoms with Gasteiger partial charge in [0, 0.05) is 35.6 Å². The molecule has 27 heavy (non-hydrogen) atoms. The van der Waals surface area contributed by atoms with Crippen molar-refractivity contribution < 1.29 is 14.3 Å². The lowest BCUT2D eigenvalue weighted by molar-refractivity contribution is 0.124. The van der Waals surface area contributed by atoms with Crippen LogP contribution in [0.5, 0.6) is 0 Å². The molecule has 140 valence electrons. The van der Waals surface area contributed by atoms with Crippen LogP contribution in [0.15, 0.2) is 36.5 Å². The first-order valence-electron chi connectivity index (χ1n) is 8.76. The molecule has 3 aromatic rings. The molecule has 0 radical (unpaired) electrons. The summed E-state index contributed by atoms with van der Waals surface area (Å²) in [6.07, 6.45) is 2.63. The van der Waals surface area contributed by atoms with Crippen molar-refractivity contribution in [2.75, 3.05) is 13.1 Å². The minimum absolute atomic E-state index is 0.105. The van der Waals surface area contributed by atoms with Crippen LogP contribution in [0, 0.1) is 5.82 Å². The number of carboxylic acid groups (broad SMARTS) is 1. The SMILES string of the molecule is O=C(O)N1CCC(n2ncc3ccc(Cc4ccc(Cl)cc4F)nc32)CC1. The van der Waals surface area contributed by atoms with Crippen molar-refractivity contribution in [3.63, 3.8) is 0 Å². The van der Waals surface area contributed by atoms with Gasteiger partial charge in [-0.15, -0.1) is 0 Å². The molecule has 0 unspecified atom stereocenters. The lowest BCUT2D eigenvalue weighted by Gasteiger charge is -2.30. The molecule has 6 nitrogen and oxygen atoms in total. The summed E-state index contributed by atoms with van der Waals surface area (Å²) in [5.74, 6) is -0.348. The number of hydrogen-bond acceptors (Lipinski definition) is 3. The normalized spacial score (nSPS) is 15.4. The fraction of sp³-hybridized carbons (Fsp3) is 0.316. The van der Waals surface area contributed by atoms with Crippen molar-refractivity contribution in [1.29, 1.82) is 0 Å². The van der Waals surface area contributed by atoms with Gasteiger partial charge < -0.3 is 10.0 Å². The van der Waals surface area contributed by atoms with E-state index in [0.717, 1.165) is 16.7 Å². The van der Waals surface area contributed by atoms with E-state index in [2.05, 4.69) is 5.10 Å². The zero-order valence-electron chi connectivity index (χ0n) is 14.5. The van der Waals surface area contributed by atoms with E-state index < -0.39 is 6.09 Å². The maximum absolute atomic E-state index is 14.1. The average Bonchev–Trinajstić information content (AvgIpc) is 3.07. The van der Waals surface area contributed by atoms with Crippen LogP contribution < -0.4 is 0 Å². The maximum atomic E-state index is 14.1. The summed E-state index contributed by atoms with van der Waals surface area (Å²) in [6.45, 7) is 0.966. The Kier molecular flexibility index (Phi) is 4.70. The predicted octanol–water partition coefficient (Wildman–Crippen LogP) is 4.13. The summed E-state index contributed by atoms with van der Waals surface area (Å²) in [5.41, 5.74) is 2.02. The average molecular weight is 389 g/mol. The van der Waals surface area contributed by atoms with E-state index in [9.17, 15) is 9.18 Å². The molecule has 3 heterocycles. The number of piperidine rings is 1. The highest BCUT2D eigenvalue weighted by molar-refractivity contribution is 6.30. The number of likely N-dealkylation sites (tertiary alicyclic amines) is 1. The van der Waals surface area contributed by atoms with Crippen molar-refractivity contribution in [2.24, 2.45) is 0 Å². The van der Waals surface area contributed by atoms with Gasteiger partial charge >= 0.3 is 6.09 Å². The first-order valence-corrected chi connectivity index (χ1v) is 9.14. The molecule has 0 bridgehead atoms. The van der Waals surface area contributed by atoms with E-state index >= 15 is 0 Å². The predicted molar refractivity (Wildman–Crippen MR) is 99.6 cm³/mol. The van der Waals surface area contributed by atoms with Gasteiger partial charge in [-0.2, -0.15) is 5.10 Å². The van der Waals surface area contributed by atoms with Crippen LogP contribution in [0.1, 0.15) is 30.1 Å². The monoisotopic (exact) mass is 388 g/mol. The van der Waals surface area contributed by atoms with Crippen LogP contribution in [-0.4, -0.2) is 44.0 Å². The van der Waals surface area contributed by atoms with Crippen LogP contribution in [0.25, 0.3) is 11.0 Å². The molecule has 1 fully saturated rings. The van der Waals surface area contributed by atoms with Crippen molar-refractivity contribution in [1.82, 2.24) is 19.7 Å². The Morgan fingerprint density at radius 1 is 1.26 bits per heavy atom. The van der Waals surface area contributed by atoms with Crippen LogP contribution in [0.4, 0.5) is 9.18 Å². The highest BCUT2D eigenvalue weighted by Gasteiger charge is 2.25. The molecule has 0 saturated carbocycles. The minimum Gasteiger partial charge on any atom is -0.465 e. The second kappa shape index (κ2) is 7.15. The Morgan fingerprint density at radius 2 is 2.04 bits per heavy atom. The molecule has 1 aliphatic heterocycles. The number of benzene rings is 1. The lowest BCUT2D eigenvalue weighted by atomic mass is 10.1. The Bertz CT molecular complexity index is 999. The molecule has 8 heteroatoms. The fourth-order valence-electron chi connectivity index (χ4n) is 3.49. The van der Waals surface area contributed by atoms with Gasteiger partial charge in [0.2, 0.25) is 0 Å². The van der Waals surface area contributed by atoms with Gasteiger partial charge in [-0.3, -0.25) is 0 Å².